The molecule has 0 bridgehead atoms. The number of rotatable bonds is 7. The van der Waals surface area contributed by atoms with Crippen LogP contribution in [0.15, 0.2) is 28.8 Å². The van der Waals surface area contributed by atoms with Crippen molar-refractivity contribution in [3.05, 3.63) is 46.6 Å². The molecule has 0 aliphatic carbocycles. The molecule has 8 heteroatoms. The van der Waals surface area contributed by atoms with Crippen LogP contribution in [-0.2, 0) is 13.0 Å². The fourth-order valence-electron chi connectivity index (χ4n) is 1.94. The van der Waals surface area contributed by atoms with E-state index in [-0.39, 0.29) is 19.0 Å². The summed E-state index contributed by atoms with van der Waals surface area (Å²) in [5.41, 5.74) is 0.320. The van der Waals surface area contributed by atoms with Gasteiger partial charge in [0.1, 0.15) is 0 Å². The van der Waals surface area contributed by atoms with Crippen LogP contribution in [0.4, 0.5) is 8.78 Å². The van der Waals surface area contributed by atoms with Crippen molar-refractivity contribution in [2.24, 2.45) is 0 Å². The highest BCUT2D eigenvalue weighted by molar-refractivity contribution is 6.30. The first-order valence-corrected chi connectivity index (χ1v) is 7.00. The number of nitrogens with one attached hydrogen (secondary N) is 1. The highest BCUT2D eigenvalue weighted by atomic mass is 35.5. The Bertz CT molecular complexity index is 606. The van der Waals surface area contributed by atoms with Crippen LogP contribution in [0.1, 0.15) is 30.6 Å². The van der Waals surface area contributed by atoms with Gasteiger partial charge in [0, 0.05) is 10.6 Å². The number of hydrogen-bond donors (Lipinski definition) is 2. The molecule has 1 unspecified atom stereocenters. The van der Waals surface area contributed by atoms with Crippen LogP contribution in [0, 0.1) is 0 Å². The van der Waals surface area contributed by atoms with Crippen LogP contribution >= 0.6 is 11.6 Å². The maximum atomic E-state index is 12.4. The average molecular weight is 332 g/mol. The third kappa shape index (κ3) is 4.46. The lowest BCUT2D eigenvalue weighted by molar-refractivity contribution is 0.136. The van der Waals surface area contributed by atoms with Gasteiger partial charge in [-0.3, -0.25) is 0 Å². The monoisotopic (exact) mass is 331 g/mol. The van der Waals surface area contributed by atoms with E-state index < -0.39 is 17.8 Å². The third-order valence-electron chi connectivity index (χ3n) is 3.20. The Kier molecular flexibility index (Phi) is 5.44. The number of aliphatic hydroxyl groups is 1. The van der Waals surface area contributed by atoms with Crippen molar-refractivity contribution >= 4 is 11.6 Å². The molecule has 5 nitrogen and oxygen atoms in total. The second kappa shape index (κ2) is 7.13. The van der Waals surface area contributed by atoms with Gasteiger partial charge < -0.3 is 14.9 Å². The normalized spacial score (nSPS) is 14.3. The van der Waals surface area contributed by atoms with Crippen molar-refractivity contribution in [2.75, 3.05) is 6.61 Å². The molecule has 0 spiro atoms. The van der Waals surface area contributed by atoms with Crippen LogP contribution in [-0.4, -0.2) is 27.4 Å². The molecule has 1 atom stereocenters. The van der Waals surface area contributed by atoms with Crippen LogP contribution in [0.5, 0.6) is 0 Å². The number of halogens is 3. The first kappa shape index (κ1) is 16.8. The molecule has 22 heavy (non-hydrogen) atoms. The van der Waals surface area contributed by atoms with E-state index in [1.165, 1.54) is 0 Å². The molecule has 2 N–H and O–H groups in total. The summed E-state index contributed by atoms with van der Waals surface area (Å²) in [4.78, 5) is 3.58. The van der Waals surface area contributed by atoms with Crippen molar-refractivity contribution in [3.8, 4) is 0 Å². The molecule has 120 valence electrons. The molecule has 0 saturated carbocycles. The largest absolute Gasteiger partial charge is 0.394 e. The summed E-state index contributed by atoms with van der Waals surface area (Å²) in [5, 5.41) is 16.5. The van der Waals surface area contributed by atoms with E-state index in [4.69, 9.17) is 16.1 Å². The predicted molar refractivity (Wildman–Crippen MR) is 76.7 cm³/mol. The van der Waals surface area contributed by atoms with E-state index in [1.807, 2.05) is 19.1 Å². The van der Waals surface area contributed by atoms with Crippen molar-refractivity contribution in [3.63, 3.8) is 0 Å². The topological polar surface area (TPSA) is 71.2 Å². The molecule has 0 fully saturated rings. The number of alkyl halides is 2. The number of aliphatic hydroxyl groups excluding tert-OH is 1. The Labute approximate surface area is 131 Å². The quantitative estimate of drug-likeness (QED) is 0.816. The van der Waals surface area contributed by atoms with Gasteiger partial charge in [0.25, 0.3) is 0 Å². The van der Waals surface area contributed by atoms with Gasteiger partial charge in [0.15, 0.2) is 0 Å². The Morgan fingerprint density at radius 2 is 2.05 bits per heavy atom. The summed E-state index contributed by atoms with van der Waals surface area (Å²) in [6.07, 6.45) is -2.24. The molecule has 0 aliphatic rings. The lowest BCUT2D eigenvalue weighted by atomic mass is 9.93. The van der Waals surface area contributed by atoms with Gasteiger partial charge in [0.05, 0.1) is 13.2 Å². The average Bonchev–Trinajstić information content (AvgIpc) is 2.97. The molecule has 0 radical (unpaired) electrons. The Balaban J connectivity index is 1.98. The molecule has 0 aliphatic heterocycles. The van der Waals surface area contributed by atoms with Crippen LogP contribution in [0.25, 0.3) is 0 Å². The van der Waals surface area contributed by atoms with Crippen molar-refractivity contribution in [1.29, 1.82) is 0 Å². The van der Waals surface area contributed by atoms with Gasteiger partial charge in [0.2, 0.25) is 11.7 Å². The summed E-state index contributed by atoms with van der Waals surface area (Å²) in [6.45, 7) is 1.75. The number of hydrogen-bond acceptors (Lipinski definition) is 5. The SMILES string of the molecule is CC(CO)(Cc1ccc(Cl)cc1)NCc1nc(C(F)F)no1. The molecular formula is C14H16ClF2N3O2. The Hall–Kier alpha value is -1.57. The van der Waals surface area contributed by atoms with E-state index in [2.05, 4.69) is 15.5 Å². The van der Waals surface area contributed by atoms with Crippen LogP contribution < -0.4 is 5.32 Å². The number of nitrogens with zero attached hydrogens (tertiary/aromatic N) is 2. The predicted octanol–water partition coefficient (Wildman–Crippen LogP) is 2.74. The zero-order chi connectivity index (χ0) is 16.2. The van der Waals surface area contributed by atoms with E-state index in [1.54, 1.807) is 12.1 Å². The van der Waals surface area contributed by atoms with Crippen molar-refractivity contribution < 1.29 is 18.4 Å². The van der Waals surface area contributed by atoms with Gasteiger partial charge in [-0.05, 0) is 31.0 Å². The zero-order valence-corrected chi connectivity index (χ0v) is 12.6. The van der Waals surface area contributed by atoms with Crippen molar-refractivity contribution in [1.82, 2.24) is 15.5 Å². The van der Waals surface area contributed by atoms with E-state index in [0.717, 1.165) is 5.56 Å². The second-order valence-corrected chi connectivity index (χ2v) is 5.66. The van der Waals surface area contributed by atoms with Gasteiger partial charge in [-0.25, -0.2) is 8.78 Å². The van der Waals surface area contributed by atoms with E-state index in [0.29, 0.717) is 11.4 Å². The molecular weight excluding hydrogens is 316 g/mol. The molecule has 0 saturated heterocycles. The summed E-state index contributed by atoms with van der Waals surface area (Å²) in [7, 11) is 0. The highest BCUT2D eigenvalue weighted by Gasteiger charge is 2.25. The third-order valence-corrected chi connectivity index (χ3v) is 3.45. The maximum absolute atomic E-state index is 12.4. The first-order chi connectivity index (χ1) is 10.4. The minimum Gasteiger partial charge on any atom is -0.394 e. The Morgan fingerprint density at radius 1 is 1.36 bits per heavy atom. The molecule has 1 aromatic carbocycles. The second-order valence-electron chi connectivity index (χ2n) is 5.22. The molecule has 2 aromatic rings. The zero-order valence-electron chi connectivity index (χ0n) is 11.9. The van der Waals surface area contributed by atoms with Gasteiger partial charge in [-0.1, -0.05) is 28.9 Å². The molecule has 0 amide bonds. The molecule has 1 aromatic heterocycles. The van der Waals surface area contributed by atoms with E-state index in [9.17, 15) is 13.9 Å². The smallest absolute Gasteiger partial charge is 0.300 e. The summed E-state index contributed by atoms with van der Waals surface area (Å²) in [6, 6.07) is 7.25. The van der Waals surface area contributed by atoms with Crippen molar-refractivity contribution in [2.45, 2.75) is 31.9 Å². The lowest BCUT2D eigenvalue weighted by Crippen LogP contribution is -2.47. The summed E-state index contributed by atoms with van der Waals surface area (Å²) < 4.78 is 29.5. The first-order valence-electron chi connectivity index (χ1n) is 6.63. The minimum absolute atomic E-state index is 0.0473. The van der Waals surface area contributed by atoms with Crippen LogP contribution in [0.3, 0.4) is 0 Å². The standard InChI is InChI=1S/C14H16ClF2N3O2/c1-14(8-21,6-9-2-4-10(15)5-3-9)18-7-11-19-13(12(16)17)20-22-11/h2-5,12,18,21H,6-8H2,1H3. The Morgan fingerprint density at radius 3 is 2.59 bits per heavy atom. The van der Waals surface area contributed by atoms with Gasteiger partial charge in [-0.2, -0.15) is 4.98 Å². The summed E-state index contributed by atoms with van der Waals surface area (Å²) >= 11 is 5.83. The fourth-order valence-corrected chi connectivity index (χ4v) is 2.07. The van der Waals surface area contributed by atoms with Crippen LogP contribution in [0.2, 0.25) is 5.02 Å². The minimum atomic E-state index is -2.77. The maximum Gasteiger partial charge on any atom is 0.300 e. The summed E-state index contributed by atoms with van der Waals surface area (Å²) in [5.74, 6) is -0.591. The lowest BCUT2D eigenvalue weighted by Gasteiger charge is -2.28. The van der Waals surface area contributed by atoms with E-state index >= 15 is 0 Å². The number of aromatic nitrogens is 2. The van der Waals surface area contributed by atoms with Gasteiger partial charge >= 0.3 is 6.43 Å². The fraction of sp³-hybridized carbons (Fsp3) is 0.429. The molecule has 1 heterocycles. The molecule has 2 rings (SSSR count). The number of benzene rings is 1. The van der Waals surface area contributed by atoms with Gasteiger partial charge in [-0.15, -0.1) is 0 Å². The highest BCUT2D eigenvalue weighted by Crippen LogP contribution is 2.18.